The highest BCUT2D eigenvalue weighted by Crippen LogP contribution is 2.25. The highest BCUT2D eigenvalue weighted by atomic mass is 16.5. The van der Waals surface area contributed by atoms with Gasteiger partial charge in [-0.05, 0) is 92.1 Å². The number of amides is 1. The summed E-state index contributed by atoms with van der Waals surface area (Å²) in [5, 5.41) is 8.74. The predicted molar refractivity (Wildman–Crippen MR) is 155 cm³/mol. The molecule has 0 atom stereocenters. The number of carboxylic acid groups (broad SMARTS) is 1. The van der Waals surface area contributed by atoms with E-state index in [1.807, 2.05) is 91.5 Å². The highest BCUT2D eigenvalue weighted by molar-refractivity contribution is 5.95. The molecule has 0 saturated carbocycles. The van der Waals surface area contributed by atoms with Gasteiger partial charge in [-0.1, -0.05) is 50.2 Å². The molecular formula is C33H41NO5. The van der Waals surface area contributed by atoms with E-state index in [0.29, 0.717) is 37.7 Å². The lowest BCUT2D eigenvalue weighted by Gasteiger charge is -2.27. The maximum Gasteiger partial charge on any atom is 0.303 e. The van der Waals surface area contributed by atoms with Crippen molar-refractivity contribution in [1.29, 1.82) is 0 Å². The van der Waals surface area contributed by atoms with Crippen LogP contribution in [-0.2, 0) is 11.3 Å². The first-order chi connectivity index (χ1) is 18.7. The minimum Gasteiger partial charge on any atom is -0.494 e. The Balaban J connectivity index is 1.62. The minimum atomic E-state index is -0.763. The lowest BCUT2D eigenvalue weighted by atomic mass is 10.0. The number of hydrogen-bond acceptors (Lipinski definition) is 4. The van der Waals surface area contributed by atoms with Gasteiger partial charge in [-0.15, -0.1) is 0 Å². The van der Waals surface area contributed by atoms with Crippen molar-refractivity contribution < 1.29 is 24.2 Å². The van der Waals surface area contributed by atoms with Crippen LogP contribution in [0, 0.1) is 5.92 Å². The largest absolute Gasteiger partial charge is 0.494 e. The molecule has 39 heavy (non-hydrogen) atoms. The molecule has 3 aromatic rings. The van der Waals surface area contributed by atoms with Crippen molar-refractivity contribution in [3.05, 3.63) is 83.9 Å². The summed E-state index contributed by atoms with van der Waals surface area (Å²) in [4.78, 5) is 26.0. The number of unbranched alkanes of at least 4 members (excludes halogenated alkanes) is 2. The molecule has 3 rings (SSSR count). The molecule has 0 radical (unpaired) electrons. The lowest BCUT2D eigenvalue weighted by molar-refractivity contribution is -0.137. The first-order valence-corrected chi connectivity index (χ1v) is 13.8. The van der Waals surface area contributed by atoms with Crippen LogP contribution in [0.5, 0.6) is 11.5 Å². The van der Waals surface area contributed by atoms with Gasteiger partial charge in [-0.25, -0.2) is 0 Å². The van der Waals surface area contributed by atoms with Crippen LogP contribution in [-0.4, -0.2) is 41.1 Å². The van der Waals surface area contributed by atoms with Crippen molar-refractivity contribution >= 4 is 11.9 Å². The molecule has 0 aliphatic heterocycles. The number of aliphatic carboxylic acids is 1. The molecule has 1 amide bonds. The number of nitrogens with zero attached hydrogens (tertiary/aromatic N) is 1. The lowest BCUT2D eigenvalue weighted by Crippen LogP contribution is -2.36. The van der Waals surface area contributed by atoms with E-state index in [-0.39, 0.29) is 18.4 Å². The number of ether oxygens (including phenoxy) is 2. The topological polar surface area (TPSA) is 76.1 Å². The summed E-state index contributed by atoms with van der Waals surface area (Å²) >= 11 is 0. The van der Waals surface area contributed by atoms with Crippen LogP contribution in [0.2, 0.25) is 0 Å². The molecule has 0 aliphatic carbocycles. The van der Waals surface area contributed by atoms with E-state index in [2.05, 4.69) is 13.8 Å². The number of carbonyl (C=O) groups is 2. The third-order valence-corrected chi connectivity index (χ3v) is 6.32. The predicted octanol–water partition coefficient (Wildman–Crippen LogP) is 7.46. The average molecular weight is 532 g/mol. The third-order valence-electron chi connectivity index (χ3n) is 6.32. The van der Waals surface area contributed by atoms with Crippen LogP contribution in [0.1, 0.15) is 69.3 Å². The standard InChI is InChI=1S/C33H41NO5/c1-24(2)23-39-31-13-9-11-29(21-31)27-15-17-28(18-16-27)33(37)34(25(3)4)22-26-10-8-12-30(20-26)38-19-7-5-6-14-32(35)36/h8-13,15-18,20-21,24-25H,5-7,14,19,22-23H2,1-4H3,(H,35,36). The summed E-state index contributed by atoms with van der Waals surface area (Å²) in [5.41, 5.74) is 3.73. The van der Waals surface area contributed by atoms with Crippen LogP contribution in [0.3, 0.4) is 0 Å². The van der Waals surface area contributed by atoms with Gasteiger partial charge in [-0.3, -0.25) is 9.59 Å². The van der Waals surface area contributed by atoms with Crippen LogP contribution >= 0.6 is 0 Å². The molecule has 208 valence electrons. The molecule has 0 bridgehead atoms. The first kappa shape index (κ1) is 29.8. The van der Waals surface area contributed by atoms with E-state index in [9.17, 15) is 9.59 Å². The fraction of sp³-hybridized carbons (Fsp3) is 0.394. The summed E-state index contributed by atoms with van der Waals surface area (Å²) in [6.07, 6.45) is 2.47. The Labute approximate surface area is 232 Å². The second kappa shape index (κ2) is 15.0. The van der Waals surface area contributed by atoms with Crippen LogP contribution < -0.4 is 9.47 Å². The maximum absolute atomic E-state index is 13.5. The summed E-state index contributed by atoms with van der Waals surface area (Å²) in [6, 6.07) is 23.6. The Morgan fingerprint density at radius 3 is 2.15 bits per heavy atom. The number of rotatable bonds is 15. The van der Waals surface area contributed by atoms with Gasteiger partial charge in [0.15, 0.2) is 0 Å². The molecule has 0 aliphatic rings. The fourth-order valence-electron chi connectivity index (χ4n) is 4.16. The smallest absolute Gasteiger partial charge is 0.303 e. The Morgan fingerprint density at radius 1 is 0.795 bits per heavy atom. The molecule has 0 saturated heterocycles. The summed E-state index contributed by atoms with van der Waals surface area (Å²) in [5.74, 6) is 1.28. The minimum absolute atomic E-state index is 0.0182. The fourth-order valence-corrected chi connectivity index (χ4v) is 4.16. The highest BCUT2D eigenvalue weighted by Gasteiger charge is 2.19. The van der Waals surface area contributed by atoms with Gasteiger partial charge >= 0.3 is 5.97 Å². The van der Waals surface area contributed by atoms with Gasteiger partial charge < -0.3 is 19.5 Å². The molecule has 0 spiro atoms. The quantitative estimate of drug-likeness (QED) is 0.206. The normalized spacial score (nSPS) is 11.0. The number of carbonyl (C=O) groups excluding carboxylic acids is 1. The van der Waals surface area contributed by atoms with E-state index in [1.165, 1.54) is 0 Å². The third kappa shape index (κ3) is 9.78. The molecule has 0 aromatic heterocycles. The number of hydrogen-bond donors (Lipinski definition) is 1. The van der Waals surface area contributed by atoms with Gasteiger partial charge in [-0.2, -0.15) is 0 Å². The SMILES string of the molecule is CC(C)COc1cccc(-c2ccc(C(=O)N(Cc3cccc(OCCCCCC(=O)O)c3)C(C)C)cc2)c1. The molecule has 0 fully saturated rings. The summed E-state index contributed by atoms with van der Waals surface area (Å²) in [7, 11) is 0. The van der Waals surface area contributed by atoms with E-state index >= 15 is 0 Å². The molecule has 3 aromatic carbocycles. The molecule has 6 nitrogen and oxygen atoms in total. The van der Waals surface area contributed by atoms with E-state index in [4.69, 9.17) is 14.6 Å². The van der Waals surface area contributed by atoms with Crippen LogP contribution in [0.15, 0.2) is 72.8 Å². The van der Waals surface area contributed by atoms with E-state index < -0.39 is 5.97 Å². The summed E-state index contributed by atoms with van der Waals surface area (Å²) in [6.45, 7) is 9.98. The van der Waals surface area contributed by atoms with Crippen molar-refractivity contribution in [2.75, 3.05) is 13.2 Å². The maximum atomic E-state index is 13.5. The van der Waals surface area contributed by atoms with Crippen LogP contribution in [0.4, 0.5) is 0 Å². The number of carboxylic acids is 1. The van der Waals surface area contributed by atoms with Gasteiger partial charge in [0, 0.05) is 24.6 Å². The van der Waals surface area contributed by atoms with E-state index in [0.717, 1.165) is 41.0 Å². The van der Waals surface area contributed by atoms with Crippen molar-refractivity contribution in [2.45, 2.75) is 66.0 Å². The first-order valence-electron chi connectivity index (χ1n) is 13.8. The van der Waals surface area contributed by atoms with Gasteiger partial charge in [0.2, 0.25) is 0 Å². The van der Waals surface area contributed by atoms with Gasteiger partial charge in [0.1, 0.15) is 11.5 Å². The Bertz CT molecular complexity index is 1200. The van der Waals surface area contributed by atoms with Crippen molar-refractivity contribution in [1.82, 2.24) is 4.90 Å². The van der Waals surface area contributed by atoms with Crippen molar-refractivity contribution in [3.63, 3.8) is 0 Å². The Kier molecular flexibility index (Phi) is 11.4. The second-order valence-electron chi connectivity index (χ2n) is 10.5. The van der Waals surface area contributed by atoms with Crippen molar-refractivity contribution in [2.24, 2.45) is 5.92 Å². The zero-order chi connectivity index (χ0) is 28.2. The Hall–Kier alpha value is -3.80. The number of benzene rings is 3. The Morgan fingerprint density at radius 2 is 1.49 bits per heavy atom. The monoisotopic (exact) mass is 531 g/mol. The molecule has 6 heteroatoms. The van der Waals surface area contributed by atoms with Gasteiger partial charge in [0.05, 0.1) is 13.2 Å². The second-order valence-corrected chi connectivity index (χ2v) is 10.5. The molecule has 1 N–H and O–H groups in total. The molecule has 0 unspecified atom stereocenters. The molecule has 0 heterocycles. The van der Waals surface area contributed by atoms with Crippen LogP contribution in [0.25, 0.3) is 11.1 Å². The van der Waals surface area contributed by atoms with E-state index in [1.54, 1.807) is 0 Å². The average Bonchev–Trinajstić information content (AvgIpc) is 2.92. The zero-order valence-electron chi connectivity index (χ0n) is 23.6. The summed E-state index contributed by atoms with van der Waals surface area (Å²) < 4.78 is 11.7. The zero-order valence-corrected chi connectivity index (χ0v) is 23.6. The van der Waals surface area contributed by atoms with Crippen molar-refractivity contribution in [3.8, 4) is 22.6 Å². The van der Waals surface area contributed by atoms with Gasteiger partial charge in [0.25, 0.3) is 5.91 Å². The molecular weight excluding hydrogens is 490 g/mol.